The van der Waals surface area contributed by atoms with E-state index in [9.17, 15) is 9.18 Å². The number of carbonyl (C=O) groups excluding carboxylic acids is 1. The zero-order valence-electron chi connectivity index (χ0n) is 14.7. The number of hydrogen-bond donors (Lipinski definition) is 1. The molecular formula is C21H24FNO. The molecule has 0 aromatic heterocycles. The molecule has 0 amide bonds. The minimum atomic E-state index is -0.503. The second-order valence-electron chi connectivity index (χ2n) is 6.36. The van der Waals surface area contributed by atoms with Gasteiger partial charge in [-0.25, -0.2) is 4.39 Å². The molecule has 0 saturated carbocycles. The Hall–Kier alpha value is -2.42. The van der Waals surface area contributed by atoms with Crippen molar-refractivity contribution in [1.82, 2.24) is 0 Å². The van der Waals surface area contributed by atoms with E-state index in [-0.39, 0.29) is 17.3 Å². The molecule has 2 aromatic rings. The Morgan fingerprint density at radius 1 is 1.21 bits per heavy atom. The molecule has 0 heterocycles. The molecule has 2 rings (SSSR count). The third kappa shape index (κ3) is 3.91. The lowest BCUT2D eigenvalue weighted by molar-refractivity contribution is 0.0936. The van der Waals surface area contributed by atoms with Crippen molar-refractivity contribution in [2.75, 3.05) is 5.32 Å². The van der Waals surface area contributed by atoms with E-state index < -0.39 is 5.82 Å². The summed E-state index contributed by atoms with van der Waals surface area (Å²) in [5.41, 5.74) is 4.09. The maximum absolute atomic E-state index is 14.7. The Morgan fingerprint density at radius 3 is 2.50 bits per heavy atom. The zero-order chi connectivity index (χ0) is 17.9. The highest BCUT2D eigenvalue weighted by atomic mass is 19.1. The van der Waals surface area contributed by atoms with Crippen LogP contribution in [0.2, 0.25) is 0 Å². The molecule has 0 radical (unpaired) electrons. The fraction of sp³-hybridized carbons (Fsp3) is 0.286. The molecule has 2 nitrogen and oxygen atoms in total. The van der Waals surface area contributed by atoms with E-state index >= 15 is 0 Å². The third-order valence-corrected chi connectivity index (χ3v) is 3.88. The largest absolute Gasteiger partial charge is 0.359 e. The maximum Gasteiger partial charge on any atom is 0.170 e. The summed E-state index contributed by atoms with van der Waals surface area (Å²) in [5.74, 6) is -0.999. The number of allylic oxidation sites excluding steroid dienone is 1. The van der Waals surface area contributed by atoms with Crippen LogP contribution in [0.4, 0.5) is 10.1 Å². The van der Waals surface area contributed by atoms with Gasteiger partial charge >= 0.3 is 0 Å². The fourth-order valence-electron chi connectivity index (χ4n) is 2.61. The second kappa shape index (κ2) is 7.43. The topological polar surface area (TPSA) is 29.1 Å². The molecule has 0 aliphatic carbocycles. The van der Waals surface area contributed by atoms with Gasteiger partial charge in [-0.3, -0.25) is 4.79 Å². The highest BCUT2D eigenvalue weighted by Gasteiger charge is 2.21. The Labute approximate surface area is 143 Å². The Kier molecular flexibility index (Phi) is 5.55. The van der Waals surface area contributed by atoms with E-state index in [1.54, 1.807) is 20.8 Å². The summed E-state index contributed by atoms with van der Waals surface area (Å²) >= 11 is 0. The van der Waals surface area contributed by atoms with Gasteiger partial charge in [0.2, 0.25) is 0 Å². The molecule has 0 atom stereocenters. The summed E-state index contributed by atoms with van der Waals surface area (Å²) in [7, 11) is 0. The van der Waals surface area contributed by atoms with Crippen molar-refractivity contribution in [2.24, 2.45) is 5.92 Å². The molecule has 24 heavy (non-hydrogen) atoms. The zero-order valence-corrected chi connectivity index (χ0v) is 14.7. The lowest BCUT2D eigenvalue weighted by Crippen LogP contribution is -2.13. The normalized spacial score (nSPS) is 10.8. The van der Waals surface area contributed by atoms with Crippen LogP contribution in [0.25, 0.3) is 11.1 Å². The van der Waals surface area contributed by atoms with Gasteiger partial charge in [0.25, 0.3) is 0 Å². The SMILES string of the molecule is C=C(C)Nc1cc(-c2cccc(CC)c2)cc(F)c1C(=O)C(C)C. The van der Waals surface area contributed by atoms with Gasteiger partial charge in [0.15, 0.2) is 5.78 Å². The molecule has 126 valence electrons. The van der Waals surface area contributed by atoms with Gasteiger partial charge in [0.1, 0.15) is 5.82 Å². The smallest absolute Gasteiger partial charge is 0.170 e. The quantitative estimate of drug-likeness (QED) is 0.676. The second-order valence-corrected chi connectivity index (χ2v) is 6.36. The van der Waals surface area contributed by atoms with E-state index in [0.717, 1.165) is 17.5 Å². The summed E-state index contributed by atoms with van der Waals surface area (Å²) in [4.78, 5) is 12.4. The van der Waals surface area contributed by atoms with Crippen molar-refractivity contribution in [3.8, 4) is 11.1 Å². The minimum absolute atomic E-state index is 0.100. The minimum Gasteiger partial charge on any atom is -0.359 e. The van der Waals surface area contributed by atoms with Crippen LogP contribution >= 0.6 is 0 Å². The molecule has 0 bridgehead atoms. The summed E-state index contributed by atoms with van der Waals surface area (Å²) in [5, 5.41) is 3.03. The average molecular weight is 325 g/mol. The van der Waals surface area contributed by atoms with Crippen LogP contribution in [0.3, 0.4) is 0 Å². The van der Waals surface area contributed by atoms with Crippen LogP contribution < -0.4 is 5.32 Å². The number of Topliss-reactive ketones (excluding diaryl/α,β-unsaturated/α-hetero) is 1. The van der Waals surface area contributed by atoms with Gasteiger partial charge in [-0.05, 0) is 42.2 Å². The third-order valence-electron chi connectivity index (χ3n) is 3.88. The first-order valence-electron chi connectivity index (χ1n) is 8.23. The van der Waals surface area contributed by atoms with E-state index in [2.05, 4.69) is 18.8 Å². The Bertz CT molecular complexity index is 777. The molecule has 2 aromatic carbocycles. The van der Waals surface area contributed by atoms with Gasteiger partial charge in [-0.1, -0.05) is 51.6 Å². The van der Waals surface area contributed by atoms with Crippen LogP contribution in [-0.2, 0) is 6.42 Å². The van der Waals surface area contributed by atoms with Crippen LogP contribution in [-0.4, -0.2) is 5.78 Å². The number of rotatable bonds is 6. The van der Waals surface area contributed by atoms with E-state index in [1.807, 2.05) is 30.3 Å². The molecule has 1 N–H and O–H groups in total. The molecule has 0 spiro atoms. The molecule has 0 unspecified atom stereocenters. The summed E-state index contributed by atoms with van der Waals surface area (Å²) in [6.45, 7) is 11.2. The first-order chi connectivity index (χ1) is 11.3. The Balaban J connectivity index is 2.61. The molecule has 0 saturated heterocycles. The standard InChI is InChI=1S/C21H24FNO/c1-6-15-8-7-9-16(10-15)17-11-18(22)20(21(24)13(2)3)19(12-17)23-14(4)5/h7-13,23H,4,6H2,1-3,5H3. The van der Waals surface area contributed by atoms with Gasteiger partial charge in [0.05, 0.1) is 11.3 Å². The predicted octanol–water partition coefficient (Wildman–Crippen LogP) is 5.84. The molecule has 0 aliphatic heterocycles. The molecular weight excluding hydrogens is 301 g/mol. The number of nitrogens with one attached hydrogen (secondary N) is 1. The first kappa shape index (κ1) is 17.9. The number of aryl methyl sites for hydroxylation is 1. The molecule has 0 fully saturated rings. The monoisotopic (exact) mass is 325 g/mol. The van der Waals surface area contributed by atoms with Crippen molar-refractivity contribution < 1.29 is 9.18 Å². The number of carbonyl (C=O) groups is 1. The van der Waals surface area contributed by atoms with E-state index in [1.165, 1.54) is 11.6 Å². The highest BCUT2D eigenvalue weighted by molar-refractivity contribution is 6.03. The van der Waals surface area contributed by atoms with Crippen molar-refractivity contribution >= 4 is 11.5 Å². The fourth-order valence-corrected chi connectivity index (χ4v) is 2.61. The summed E-state index contributed by atoms with van der Waals surface area (Å²) < 4.78 is 14.7. The maximum atomic E-state index is 14.7. The lowest BCUT2D eigenvalue weighted by Gasteiger charge is -2.16. The summed E-state index contributed by atoms with van der Waals surface area (Å²) in [6.07, 6.45) is 0.914. The first-order valence-corrected chi connectivity index (χ1v) is 8.23. The van der Waals surface area contributed by atoms with Crippen molar-refractivity contribution in [2.45, 2.75) is 34.1 Å². The molecule has 0 aliphatic rings. The van der Waals surface area contributed by atoms with Gasteiger partial charge < -0.3 is 5.32 Å². The van der Waals surface area contributed by atoms with E-state index in [0.29, 0.717) is 11.4 Å². The van der Waals surface area contributed by atoms with Gasteiger partial charge in [-0.2, -0.15) is 0 Å². The van der Waals surface area contributed by atoms with Crippen LogP contribution in [0.1, 0.15) is 43.6 Å². The number of hydrogen-bond acceptors (Lipinski definition) is 2. The molecule has 3 heteroatoms. The van der Waals surface area contributed by atoms with Crippen molar-refractivity contribution in [1.29, 1.82) is 0 Å². The van der Waals surface area contributed by atoms with Crippen LogP contribution in [0, 0.1) is 11.7 Å². The van der Waals surface area contributed by atoms with Crippen molar-refractivity contribution in [3.63, 3.8) is 0 Å². The van der Waals surface area contributed by atoms with E-state index in [4.69, 9.17) is 0 Å². The summed E-state index contributed by atoms with van der Waals surface area (Å²) in [6, 6.07) is 11.3. The Morgan fingerprint density at radius 2 is 1.92 bits per heavy atom. The van der Waals surface area contributed by atoms with Gasteiger partial charge in [0, 0.05) is 11.6 Å². The van der Waals surface area contributed by atoms with Gasteiger partial charge in [-0.15, -0.1) is 0 Å². The van der Waals surface area contributed by atoms with Crippen LogP contribution in [0.15, 0.2) is 48.7 Å². The number of benzene rings is 2. The average Bonchev–Trinajstić information content (AvgIpc) is 2.53. The number of ketones is 1. The van der Waals surface area contributed by atoms with Crippen LogP contribution in [0.5, 0.6) is 0 Å². The van der Waals surface area contributed by atoms with Crippen molar-refractivity contribution in [3.05, 3.63) is 65.6 Å². The highest BCUT2D eigenvalue weighted by Crippen LogP contribution is 2.31. The predicted molar refractivity (Wildman–Crippen MR) is 98.8 cm³/mol. The number of halogens is 1. The lowest BCUT2D eigenvalue weighted by atomic mass is 9.94. The number of anilines is 1.